The Morgan fingerprint density at radius 1 is 1.10 bits per heavy atom. The molecule has 1 aromatic carbocycles. The summed E-state index contributed by atoms with van der Waals surface area (Å²) < 4.78 is 46.3. The van der Waals surface area contributed by atoms with E-state index in [0.717, 1.165) is 22.8 Å². The van der Waals surface area contributed by atoms with Crippen LogP contribution in [0.3, 0.4) is 0 Å². The molecule has 0 aliphatic carbocycles. The summed E-state index contributed by atoms with van der Waals surface area (Å²) in [6, 6.07) is 8.43. The molecule has 0 aliphatic heterocycles. The predicted octanol–water partition coefficient (Wildman–Crippen LogP) is 3.42. The number of benzene rings is 1. The SMILES string of the molecule is Cc1c2cc(-n3ccc(OCc4cnc(C(F)(F)F)cn4)cc3=O)ccc2nn1C. The van der Waals surface area contributed by atoms with E-state index in [1.807, 2.05) is 26.1 Å². The molecule has 3 heterocycles. The van der Waals surface area contributed by atoms with E-state index in [-0.39, 0.29) is 23.6 Å². The number of ether oxygens (including phenoxy) is 1. The number of alkyl halides is 3. The van der Waals surface area contributed by atoms with E-state index < -0.39 is 11.9 Å². The Morgan fingerprint density at radius 3 is 2.57 bits per heavy atom. The molecule has 0 radical (unpaired) electrons. The molecule has 7 nitrogen and oxygen atoms in total. The molecule has 0 atom stereocenters. The van der Waals surface area contributed by atoms with Crippen LogP contribution in [0.5, 0.6) is 5.75 Å². The van der Waals surface area contributed by atoms with E-state index in [9.17, 15) is 18.0 Å². The van der Waals surface area contributed by atoms with Crippen molar-refractivity contribution >= 4 is 10.9 Å². The van der Waals surface area contributed by atoms with Crippen LogP contribution in [0.2, 0.25) is 0 Å². The molecule has 3 aromatic heterocycles. The highest BCUT2D eigenvalue weighted by molar-refractivity contribution is 5.83. The van der Waals surface area contributed by atoms with Crippen molar-refractivity contribution < 1.29 is 17.9 Å². The molecule has 0 unspecified atom stereocenters. The van der Waals surface area contributed by atoms with Gasteiger partial charge in [0.25, 0.3) is 5.56 Å². The lowest BCUT2D eigenvalue weighted by atomic mass is 10.2. The fraction of sp³-hybridized carbons (Fsp3) is 0.200. The molecule has 30 heavy (non-hydrogen) atoms. The number of pyridine rings is 1. The number of aryl methyl sites for hydroxylation is 2. The van der Waals surface area contributed by atoms with Crippen LogP contribution in [0.25, 0.3) is 16.6 Å². The Balaban J connectivity index is 1.52. The minimum Gasteiger partial charge on any atom is -0.487 e. The Morgan fingerprint density at radius 2 is 1.90 bits per heavy atom. The predicted molar refractivity (Wildman–Crippen MR) is 102 cm³/mol. The summed E-state index contributed by atoms with van der Waals surface area (Å²) in [5.74, 6) is 0.275. The molecule has 0 aliphatic rings. The van der Waals surface area contributed by atoms with Crippen LogP contribution < -0.4 is 10.3 Å². The van der Waals surface area contributed by atoms with E-state index in [1.54, 1.807) is 23.0 Å². The molecule has 0 fully saturated rings. The minimum absolute atomic E-state index is 0.116. The van der Waals surface area contributed by atoms with Crippen molar-refractivity contribution in [3.05, 3.63) is 76.4 Å². The van der Waals surface area contributed by atoms with Crippen molar-refractivity contribution in [3.63, 3.8) is 0 Å². The second kappa shape index (κ2) is 7.29. The number of rotatable bonds is 4. The molecular formula is C20H16F3N5O2. The molecule has 154 valence electrons. The normalized spacial score (nSPS) is 11.8. The van der Waals surface area contributed by atoms with Gasteiger partial charge in [-0.1, -0.05) is 0 Å². The van der Waals surface area contributed by atoms with Crippen molar-refractivity contribution in [1.82, 2.24) is 24.3 Å². The van der Waals surface area contributed by atoms with Crippen LogP contribution in [-0.4, -0.2) is 24.3 Å². The van der Waals surface area contributed by atoms with E-state index >= 15 is 0 Å². The summed E-state index contributed by atoms with van der Waals surface area (Å²) in [6.07, 6.45) is -1.33. The van der Waals surface area contributed by atoms with Gasteiger partial charge in [0.15, 0.2) is 5.69 Å². The highest BCUT2D eigenvalue weighted by Crippen LogP contribution is 2.26. The lowest BCUT2D eigenvalue weighted by molar-refractivity contribution is -0.141. The molecule has 10 heteroatoms. The Kier molecular flexibility index (Phi) is 4.76. The van der Waals surface area contributed by atoms with Gasteiger partial charge in [0, 0.05) is 36.1 Å². The van der Waals surface area contributed by atoms with Gasteiger partial charge in [-0.15, -0.1) is 0 Å². The van der Waals surface area contributed by atoms with Gasteiger partial charge in [-0.25, -0.2) is 4.98 Å². The second-order valence-electron chi connectivity index (χ2n) is 6.66. The maximum atomic E-state index is 12.5. The molecule has 0 saturated carbocycles. The lowest BCUT2D eigenvalue weighted by Gasteiger charge is -2.09. The maximum absolute atomic E-state index is 12.5. The van der Waals surface area contributed by atoms with Gasteiger partial charge >= 0.3 is 6.18 Å². The molecular weight excluding hydrogens is 399 g/mol. The highest BCUT2D eigenvalue weighted by atomic mass is 19.4. The monoisotopic (exact) mass is 415 g/mol. The fourth-order valence-electron chi connectivity index (χ4n) is 2.96. The summed E-state index contributed by atoms with van der Waals surface area (Å²) >= 11 is 0. The summed E-state index contributed by atoms with van der Waals surface area (Å²) in [5, 5.41) is 5.34. The topological polar surface area (TPSA) is 74.8 Å². The molecule has 0 amide bonds. The number of aromatic nitrogens is 5. The Bertz CT molecular complexity index is 1280. The Labute approximate surface area is 168 Å². The van der Waals surface area contributed by atoms with Crippen molar-refractivity contribution in [2.24, 2.45) is 7.05 Å². The van der Waals surface area contributed by atoms with Crippen LogP contribution in [0.1, 0.15) is 17.1 Å². The van der Waals surface area contributed by atoms with Gasteiger partial charge in [-0.3, -0.25) is 19.0 Å². The third-order valence-corrected chi connectivity index (χ3v) is 4.66. The number of fused-ring (bicyclic) bond motifs is 1. The molecule has 0 spiro atoms. The van der Waals surface area contributed by atoms with Crippen LogP contribution in [0.15, 0.2) is 53.7 Å². The van der Waals surface area contributed by atoms with Crippen LogP contribution in [-0.2, 0) is 19.8 Å². The molecule has 0 bridgehead atoms. The van der Waals surface area contributed by atoms with Crippen LogP contribution in [0, 0.1) is 6.92 Å². The van der Waals surface area contributed by atoms with Gasteiger partial charge in [0.05, 0.1) is 23.6 Å². The third kappa shape index (κ3) is 3.76. The highest BCUT2D eigenvalue weighted by Gasteiger charge is 2.32. The quantitative estimate of drug-likeness (QED) is 0.511. The van der Waals surface area contributed by atoms with Gasteiger partial charge < -0.3 is 4.74 Å². The van der Waals surface area contributed by atoms with Crippen molar-refractivity contribution in [1.29, 1.82) is 0 Å². The zero-order valence-electron chi connectivity index (χ0n) is 16.0. The van der Waals surface area contributed by atoms with Gasteiger partial charge in [-0.05, 0) is 31.2 Å². The number of hydrogen-bond donors (Lipinski definition) is 0. The zero-order valence-corrected chi connectivity index (χ0v) is 16.0. The van der Waals surface area contributed by atoms with Crippen molar-refractivity contribution in [3.8, 4) is 11.4 Å². The summed E-state index contributed by atoms with van der Waals surface area (Å²) in [7, 11) is 1.86. The summed E-state index contributed by atoms with van der Waals surface area (Å²) in [6.45, 7) is 1.83. The average molecular weight is 415 g/mol. The Hall–Kier alpha value is -3.69. The largest absolute Gasteiger partial charge is 0.487 e. The molecule has 0 N–H and O–H groups in total. The van der Waals surface area contributed by atoms with Gasteiger partial charge in [0.2, 0.25) is 0 Å². The maximum Gasteiger partial charge on any atom is 0.434 e. The summed E-state index contributed by atoms with van der Waals surface area (Å²) in [5.41, 5.74) is 1.33. The minimum atomic E-state index is -4.55. The van der Waals surface area contributed by atoms with Crippen molar-refractivity contribution in [2.75, 3.05) is 0 Å². The summed E-state index contributed by atoms with van der Waals surface area (Å²) in [4.78, 5) is 19.6. The van der Waals surface area contributed by atoms with Crippen LogP contribution in [0.4, 0.5) is 13.2 Å². The smallest absolute Gasteiger partial charge is 0.434 e. The van der Waals surface area contributed by atoms with E-state index in [0.29, 0.717) is 11.9 Å². The van der Waals surface area contributed by atoms with E-state index in [4.69, 9.17) is 4.74 Å². The van der Waals surface area contributed by atoms with E-state index in [1.165, 1.54) is 10.6 Å². The standard InChI is InChI=1S/C20H16F3N5O2/c1-12-16-7-14(3-4-17(16)26-27(12)2)28-6-5-15(8-19(28)29)30-11-13-9-25-18(10-24-13)20(21,22)23/h3-10H,11H2,1-2H3. The van der Waals surface area contributed by atoms with Crippen LogP contribution >= 0.6 is 0 Å². The average Bonchev–Trinajstić information content (AvgIpc) is 2.99. The fourth-order valence-corrected chi connectivity index (χ4v) is 2.96. The van der Waals surface area contributed by atoms with Gasteiger partial charge in [-0.2, -0.15) is 18.3 Å². The van der Waals surface area contributed by atoms with Gasteiger partial charge in [0.1, 0.15) is 12.4 Å². The number of nitrogens with zero attached hydrogens (tertiary/aromatic N) is 5. The molecule has 4 rings (SSSR count). The first-order valence-electron chi connectivity index (χ1n) is 8.90. The first kappa shape index (κ1) is 19.6. The number of hydrogen-bond acceptors (Lipinski definition) is 5. The zero-order chi connectivity index (χ0) is 21.5. The third-order valence-electron chi connectivity index (χ3n) is 4.66. The number of halogens is 3. The van der Waals surface area contributed by atoms with Crippen molar-refractivity contribution in [2.45, 2.75) is 19.7 Å². The molecule has 4 aromatic rings. The molecule has 0 saturated heterocycles. The first-order valence-corrected chi connectivity index (χ1v) is 8.90. The first-order chi connectivity index (χ1) is 14.2. The van der Waals surface area contributed by atoms with E-state index in [2.05, 4.69) is 15.1 Å². The second-order valence-corrected chi connectivity index (χ2v) is 6.66. The lowest BCUT2D eigenvalue weighted by Crippen LogP contribution is -2.16.